The maximum atomic E-state index is 11.5. The van der Waals surface area contributed by atoms with Gasteiger partial charge >= 0.3 is 0 Å². The molecule has 1 rings (SSSR count). The van der Waals surface area contributed by atoms with Gasteiger partial charge in [-0.2, -0.15) is 12.6 Å². The molecule has 2 amide bonds. The van der Waals surface area contributed by atoms with Gasteiger partial charge in [0.15, 0.2) is 0 Å². The quantitative estimate of drug-likeness (QED) is 0.510. The zero-order chi connectivity index (χ0) is 9.35. The summed E-state index contributed by atoms with van der Waals surface area (Å²) in [5.74, 6) is 0.397. The Balaban J connectivity index is 2.78. The maximum absolute atomic E-state index is 11.5. The van der Waals surface area contributed by atoms with Crippen LogP contribution in [0.25, 0.3) is 0 Å². The van der Waals surface area contributed by atoms with Crippen molar-refractivity contribution in [3.63, 3.8) is 0 Å². The van der Waals surface area contributed by atoms with Crippen molar-refractivity contribution in [1.82, 2.24) is 4.90 Å². The van der Waals surface area contributed by atoms with Crippen LogP contribution >= 0.6 is 12.6 Å². The van der Waals surface area contributed by atoms with E-state index in [2.05, 4.69) is 12.6 Å². The molecule has 0 aliphatic carbocycles. The van der Waals surface area contributed by atoms with Crippen LogP contribution in [0.15, 0.2) is 0 Å². The summed E-state index contributed by atoms with van der Waals surface area (Å²) in [6, 6.07) is 0. The van der Waals surface area contributed by atoms with Gasteiger partial charge in [-0.25, -0.2) is 0 Å². The molecule has 1 fully saturated rings. The van der Waals surface area contributed by atoms with Crippen molar-refractivity contribution in [2.75, 3.05) is 12.3 Å². The fourth-order valence-electron chi connectivity index (χ4n) is 1.35. The van der Waals surface area contributed by atoms with Crippen LogP contribution in [0.1, 0.15) is 20.3 Å². The van der Waals surface area contributed by atoms with E-state index in [0.29, 0.717) is 18.7 Å². The normalized spacial score (nSPS) is 22.1. The topological polar surface area (TPSA) is 37.4 Å². The lowest BCUT2D eigenvalue weighted by molar-refractivity contribution is -0.140. The average Bonchev–Trinajstić information content (AvgIpc) is 2.13. The molecule has 68 valence electrons. The molecule has 0 aromatic carbocycles. The summed E-state index contributed by atoms with van der Waals surface area (Å²) in [7, 11) is 0. The zero-order valence-corrected chi connectivity index (χ0v) is 8.23. The third kappa shape index (κ3) is 1.48. The highest BCUT2D eigenvalue weighted by atomic mass is 32.1. The van der Waals surface area contributed by atoms with E-state index in [4.69, 9.17) is 0 Å². The van der Waals surface area contributed by atoms with E-state index >= 15 is 0 Å². The molecule has 0 aromatic heterocycles. The lowest BCUT2D eigenvalue weighted by Gasteiger charge is -2.16. The van der Waals surface area contributed by atoms with Gasteiger partial charge in [0.05, 0.1) is 5.41 Å². The number of nitrogens with zero attached hydrogens (tertiary/aromatic N) is 1. The molecular formula is C8H13NO2S. The second kappa shape index (κ2) is 3.09. The van der Waals surface area contributed by atoms with Gasteiger partial charge in [0.1, 0.15) is 0 Å². The minimum absolute atomic E-state index is 0.0680. The number of amides is 2. The number of likely N-dealkylation sites (tertiary alicyclic amines) is 1. The summed E-state index contributed by atoms with van der Waals surface area (Å²) < 4.78 is 0. The molecule has 1 aliphatic rings. The van der Waals surface area contributed by atoms with Gasteiger partial charge in [0.25, 0.3) is 0 Å². The Bertz CT molecular complexity index is 225. The highest BCUT2D eigenvalue weighted by Crippen LogP contribution is 2.31. The van der Waals surface area contributed by atoms with E-state index in [0.717, 1.165) is 0 Å². The van der Waals surface area contributed by atoms with Crippen molar-refractivity contribution in [1.29, 1.82) is 0 Å². The van der Waals surface area contributed by atoms with Crippen LogP contribution in [0.3, 0.4) is 0 Å². The first-order valence-electron chi connectivity index (χ1n) is 3.95. The first kappa shape index (κ1) is 9.58. The molecule has 0 radical (unpaired) electrons. The van der Waals surface area contributed by atoms with E-state index in [9.17, 15) is 9.59 Å². The SMILES string of the molecule is CC1(C)CC(=O)N(CCS)C1=O. The van der Waals surface area contributed by atoms with Crippen molar-refractivity contribution in [2.24, 2.45) is 5.41 Å². The molecule has 4 heteroatoms. The molecule has 0 N–H and O–H groups in total. The molecule has 3 nitrogen and oxygen atoms in total. The van der Waals surface area contributed by atoms with Gasteiger partial charge in [0.2, 0.25) is 11.8 Å². The number of hydrogen-bond acceptors (Lipinski definition) is 3. The summed E-state index contributed by atoms with van der Waals surface area (Å²) >= 11 is 3.99. The monoisotopic (exact) mass is 187 g/mol. The zero-order valence-electron chi connectivity index (χ0n) is 7.33. The number of thiol groups is 1. The van der Waals surface area contributed by atoms with Crippen LogP contribution in [0.5, 0.6) is 0 Å². The number of carbonyl (C=O) groups excluding carboxylic acids is 2. The summed E-state index contributed by atoms with van der Waals surface area (Å²) in [4.78, 5) is 24.1. The predicted molar refractivity (Wildman–Crippen MR) is 49.0 cm³/mol. The van der Waals surface area contributed by atoms with Gasteiger partial charge in [0, 0.05) is 18.7 Å². The van der Waals surface area contributed by atoms with Gasteiger partial charge in [-0.05, 0) is 0 Å². The summed E-state index contributed by atoms with van der Waals surface area (Å²) in [5.41, 5.74) is -0.500. The number of hydrogen-bond donors (Lipinski definition) is 1. The minimum Gasteiger partial charge on any atom is -0.281 e. The Morgan fingerprint density at radius 1 is 1.50 bits per heavy atom. The van der Waals surface area contributed by atoms with E-state index in [-0.39, 0.29) is 11.8 Å². The molecule has 0 bridgehead atoms. The van der Waals surface area contributed by atoms with E-state index in [1.54, 1.807) is 13.8 Å². The molecule has 12 heavy (non-hydrogen) atoms. The summed E-state index contributed by atoms with van der Waals surface area (Å²) in [5, 5.41) is 0. The minimum atomic E-state index is -0.500. The van der Waals surface area contributed by atoms with Crippen LogP contribution in [-0.4, -0.2) is 29.0 Å². The van der Waals surface area contributed by atoms with Crippen LogP contribution in [-0.2, 0) is 9.59 Å². The Kier molecular flexibility index (Phi) is 2.46. The van der Waals surface area contributed by atoms with Crippen molar-refractivity contribution < 1.29 is 9.59 Å². The molecule has 0 aromatic rings. The van der Waals surface area contributed by atoms with Gasteiger partial charge in [-0.1, -0.05) is 13.8 Å². The molecule has 1 saturated heterocycles. The third-order valence-corrected chi connectivity index (χ3v) is 2.24. The third-order valence-electron chi connectivity index (χ3n) is 2.04. The molecular weight excluding hydrogens is 174 g/mol. The largest absolute Gasteiger partial charge is 0.281 e. The second-order valence-corrected chi connectivity index (χ2v) is 4.08. The average molecular weight is 187 g/mol. The van der Waals surface area contributed by atoms with Gasteiger partial charge < -0.3 is 0 Å². The summed E-state index contributed by atoms with van der Waals surface area (Å²) in [6.07, 6.45) is 0.333. The van der Waals surface area contributed by atoms with E-state index in [1.165, 1.54) is 4.90 Å². The van der Waals surface area contributed by atoms with Crippen LogP contribution < -0.4 is 0 Å². The summed E-state index contributed by atoms with van der Waals surface area (Å²) in [6.45, 7) is 4.03. The Hall–Kier alpha value is -0.510. The van der Waals surface area contributed by atoms with Crippen molar-refractivity contribution in [2.45, 2.75) is 20.3 Å². The number of rotatable bonds is 2. The van der Waals surface area contributed by atoms with Crippen LogP contribution in [0.2, 0.25) is 0 Å². The lowest BCUT2D eigenvalue weighted by atomic mass is 9.92. The molecule has 0 unspecified atom stereocenters. The molecule has 1 aliphatic heterocycles. The van der Waals surface area contributed by atoms with Crippen LogP contribution in [0.4, 0.5) is 0 Å². The van der Waals surface area contributed by atoms with E-state index in [1.807, 2.05) is 0 Å². The Morgan fingerprint density at radius 3 is 2.42 bits per heavy atom. The van der Waals surface area contributed by atoms with Crippen molar-refractivity contribution in [3.8, 4) is 0 Å². The highest BCUT2D eigenvalue weighted by Gasteiger charge is 2.44. The number of carbonyl (C=O) groups is 2. The number of imide groups is 1. The first-order chi connectivity index (χ1) is 5.49. The fraction of sp³-hybridized carbons (Fsp3) is 0.750. The maximum Gasteiger partial charge on any atom is 0.235 e. The van der Waals surface area contributed by atoms with Gasteiger partial charge in [-0.3, -0.25) is 14.5 Å². The first-order valence-corrected chi connectivity index (χ1v) is 4.58. The smallest absolute Gasteiger partial charge is 0.235 e. The Morgan fingerprint density at radius 2 is 2.08 bits per heavy atom. The predicted octanol–water partition coefficient (Wildman–Crippen LogP) is 0.701. The van der Waals surface area contributed by atoms with Crippen LogP contribution in [0, 0.1) is 5.41 Å². The second-order valence-electron chi connectivity index (χ2n) is 3.63. The van der Waals surface area contributed by atoms with E-state index < -0.39 is 5.41 Å². The standard InChI is InChI=1S/C8H13NO2S/c1-8(2)5-6(10)9(3-4-12)7(8)11/h12H,3-5H2,1-2H3. The highest BCUT2D eigenvalue weighted by molar-refractivity contribution is 7.80. The fourth-order valence-corrected chi connectivity index (χ4v) is 1.55. The Labute approximate surface area is 77.5 Å². The van der Waals surface area contributed by atoms with Crippen molar-refractivity contribution >= 4 is 24.4 Å². The molecule has 0 saturated carbocycles. The molecule has 0 atom stereocenters. The molecule has 1 heterocycles. The molecule has 0 spiro atoms. The van der Waals surface area contributed by atoms with Crippen molar-refractivity contribution in [3.05, 3.63) is 0 Å². The van der Waals surface area contributed by atoms with Gasteiger partial charge in [-0.15, -0.1) is 0 Å². The lowest BCUT2D eigenvalue weighted by Crippen LogP contribution is -2.34.